The topological polar surface area (TPSA) is 101 Å². The van der Waals surface area contributed by atoms with Crippen LogP contribution in [0.15, 0.2) is 21.7 Å². The van der Waals surface area contributed by atoms with Gasteiger partial charge < -0.3 is 4.90 Å². The van der Waals surface area contributed by atoms with E-state index in [0.29, 0.717) is 10.6 Å². The second-order valence-corrected chi connectivity index (χ2v) is 5.52. The zero-order valence-corrected chi connectivity index (χ0v) is 13.9. The number of nitriles is 1. The molecular formula is C15H14F3N5O3. The fourth-order valence-electron chi connectivity index (χ4n) is 2.27. The average Bonchev–Trinajstić information content (AvgIpc) is 2.59. The van der Waals surface area contributed by atoms with Crippen LogP contribution < -0.4 is 11.2 Å². The molecule has 2 aromatic rings. The van der Waals surface area contributed by atoms with Crippen LogP contribution in [0.25, 0.3) is 11.0 Å². The standard InChI is InChI=1S/C15H14F3N5O3/c1-21(7-3-6-19)11(24)8-23-13(25)9-4-5-10(15(16,17)18)20-12(9)22(2)14(23)26/h4-5H,3,7-8H2,1-2H3. The summed E-state index contributed by atoms with van der Waals surface area (Å²) in [6.07, 6.45) is -4.64. The molecule has 0 atom stereocenters. The number of hydrogen-bond donors (Lipinski definition) is 0. The van der Waals surface area contributed by atoms with Crippen LogP contribution in [0, 0.1) is 11.3 Å². The zero-order chi connectivity index (χ0) is 19.6. The Hall–Kier alpha value is -3.16. The molecule has 11 heteroatoms. The van der Waals surface area contributed by atoms with E-state index in [2.05, 4.69) is 4.98 Å². The number of pyridine rings is 1. The van der Waals surface area contributed by atoms with Crippen molar-refractivity contribution >= 4 is 16.9 Å². The van der Waals surface area contributed by atoms with Crippen molar-refractivity contribution in [3.8, 4) is 6.07 Å². The summed E-state index contributed by atoms with van der Waals surface area (Å²) in [5.74, 6) is -0.585. The number of aryl methyl sites for hydroxylation is 1. The molecular weight excluding hydrogens is 355 g/mol. The predicted molar refractivity (Wildman–Crippen MR) is 84.1 cm³/mol. The number of carbonyl (C=O) groups is 1. The highest BCUT2D eigenvalue weighted by Gasteiger charge is 2.33. The minimum atomic E-state index is -4.72. The van der Waals surface area contributed by atoms with Crippen molar-refractivity contribution in [2.24, 2.45) is 7.05 Å². The molecule has 1 amide bonds. The lowest BCUT2D eigenvalue weighted by molar-refractivity contribution is -0.141. The second-order valence-electron chi connectivity index (χ2n) is 5.52. The maximum absolute atomic E-state index is 12.8. The highest BCUT2D eigenvalue weighted by molar-refractivity contribution is 5.77. The van der Waals surface area contributed by atoms with Gasteiger partial charge in [-0.1, -0.05) is 0 Å². The summed E-state index contributed by atoms with van der Waals surface area (Å²) < 4.78 is 39.8. The highest BCUT2D eigenvalue weighted by Crippen LogP contribution is 2.28. The summed E-state index contributed by atoms with van der Waals surface area (Å²) in [6, 6.07) is 3.42. The number of halogens is 3. The number of nitrogens with zero attached hydrogens (tertiary/aromatic N) is 5. The molecule has 0 saturated carbocycles. The van der Waals surface area contributed by atoms with E-state index in [-0.39, 0.29) is 18.4 Å². The zero-order valence-electron chi connectivity index (χ0n) is 13.9. The van der Waals surface area contributed by atoms with E-state index in [0.717, 1.165) is 17.7 Å². The number of alkyl halides is 3. The Kier molecular flexibility index (Phi) is 5.15. The molecule has 0 aliphatic heterocycles. The van der Waals surface area contributed by atoms with Gasteiger partial charge in [0.15, 0.2) is 0 Å². The van der Waals surface area contributed by atoms with Crippen molar-refractivity contribution in [3.05, 3.63) is 38.7 Å². The van der Waals surface area contributed by atoms with E-state index < -0.39 is 41.2 Å². The van der Waals surface area contributed by atoms with Crippen molar-refractivity contribution < 1.29 is 18.0 Å². The molecule has 8 nitrogen and oxygen atoms in total. The molecule has 0 radical (unpaired) electrons. The smallest absolute Gasteiger partial charge is 0.343 e. The average molecular weight is 369 g/mol. The Morgan fingerprint density at radius 1 is 1.35 bits per heavy atom. The van der Waals surface area contributed by atoms with Crippen LogP contribution in [-0.2, 0) is 24.6 Å². The minimum absolute atomic E-state index is 0.0804. The van der Waals surface area contributed by atoms with Crippen LogP contribution in [0.4, 0.5) is 13.2 Å². The molecule has 0 fully saturated rings. The van der Waals surface area contributed by atoms with Gasteiger partial charge >= 0.3 is 11.9 Å². The van der Waals surface area contributed by atoms with Crippen molar-refractivity contribution in [2.75, 3.05) is 13.6 Å². The van der Waals surface area contributed by atoms with Gasteiger partial charge in [-0.05, 0) is 12.1 Å². The minimum Gasteiger partial charge on any atom is -0.343 e. The summed E-state index contributed by atoms with van der Waals surface area (Å²) in [4.78, 5) is 41.4. The van der Waals surface area contributed by atoms with Crippen molar-refractivity contribution in [2.45, 2.75) is 19.1 Å². The number of rotatable bonds is 4. The third kappa shape index (κ3) is 3.58. The fraction of sp³-hybridized carbons (Fsp3) is 0.400. The Morgan fingerprint density at radius 3 is 2.58 bits per heavy atom. The molecule has 0 aliphatic rings. The van der Waals surface area contributed by atoms with E-state index in [9.17, 15) is 27.6 Å². The summed E-state index contributed by atoms with van der Waals surface area (Å²) in [5, 5.41) is 8.31. The summed E-state index contributed by atoms with van der Waals surface area (Å²) in [6.45, 7) is -0.473. The molecule has 0 bridgehead atoms. The molecule has 2 rings (SSSR count). The molecule has 0 aromatic carbocycles. The normalized spacial score (nSPS) is 11.4. The third-order valence-electron chi connectivity index (χ3n) is 3.75. The predicted octanol–water partition coefficient (Wildman–Crippen LogP) is 0.486. The van der Waals surface area contributed by atoms with E-state index >= 15 is 0 Å². The first-order chi connectivity index (χ1) is 12.1. The van der Waals surface area contributed by atoms with Gasteiger partial charge in [0.05, 0.1) is 17.9 Å². The fourth-order valence-corrected chi connectivity index (χ4v) is 2.27. The Labute approximate surface area is 144 Å². The number of carbonyl (C=O) groups excluding carboxylic acids is 1. The number of likely N-dealkylation sites (N-methyl/N-ethyl adjacent to an activating group) is 1. The van der Waals surface area contributed by atoms with Crippen LogP contribution in [-0.4, -0.2) is 38.5 Å². The quantitative estimate of drug-likeness (QED) is 0.781. The first-order valence-corrected chi connectivity index (χ1v) is 7.36. The van der Waals surface area contributed by atoms with Crippen LogP contribution in [0.1, 0.15) is 12.1 Å². The lowest BCUT2D eigenvalue weighted by atomic mass is 10.2. The molecule has 26 heavy (non-hydrogen) atoms. The SMILES string of the molecule is CN(CCC#N)C(=O)Cn1c(=O)c2ccc(C(F)(F)F)nc2n(C)c1=O. The van der Waals surface area contributed by atoms with Gasteiger partial charge in [-0.3, -0.25) is 18.7 Å². The second kappa shape index (κ2) is 6.99. The lowest BCUT2D eigenvalue weighted by Gasteiger charge is -2.17. The van der Waals surface area contributed by atoms with Gasteiger partial charge in [0, 0.05) is 20.6 Å². The molecule has 0 aliphatic carbocycles. The first-order valence-electron chi connectivity index (χ1n) is 7.36. The van der Waals surface area contributed by atoms with E-state index in [1.54, 1.807) is 0 Å². The van der Waals surface area contributed by atoms with Crippen molar-refractivity contribution in [3.63, 3.8) is 0 Å². The molecule has 0 N–H and O–H groups in total. The lowest BCUT2D eigenvalue weighted by Crippen LogP contribution is -2.44. The van der Waals surface area contributed by atoms with Gasteiger partial charge in [0.25, 0.3) is 5.56 Å². The summed E-state index contributed by atoms with van der Waals surface area (Å²) in [7, 11) is 2.57. The number of fused-ring (bicyclic) bond motifs is 1. The van der Waals surface area contributed by atoms with Crippen LogP contribution >= 0.6 is 0 Å². The first kappa shape index (κ1) is 19.2. The largest absolute Gasteiger partial charge is 0.433 e. The van der Waals surface area contributed by atoms with E-state index in [1.807, 2.05) is 6.07 Å². The third-order valence-corrected chi connectivity index (χ3v) is 3.75. The van der Waals surface area contributed by atoms with Crippen molar-refractivity contribution in [1.29, 1.82) is 5.26 Å². The van der Waals surface area contributed by atoms with Gasteiger partial charge in [0.1, 0.15) is 17.9 Å². The number of amides is 1. The van der Waals surface area contributed by atoms with Gasteiger partial charge in [-0.15, -0.1) is 0 Å². The molecule has 2 heterocycles. The van der Waals surface area contributed by atoms with Gasteiger partial charge in [-0.25, -0.2) is 9.78 Å². The number of hydrogen-bond acceptors (Lipinski definition) is 5. The highest BCUT2D eigenvalue weighted by atomic mass is 19.4. The van der Waals surface area contributed by atoms with Crippen molar-refractivity contribution in [1.82, 2.24) is 19.0 Å². The van der Waals surface area contributed by atoms with Gasteiger partial charge in [-0.2, -0.15) is 18.4 Å². The van der Waals surface area contributed by atoms with Crippen LogP contribution in [0.5, 0.6) is 0 Å². The van der Waals surface area contributed by atoms with Crippen LogP contribution in [0.3, 0.4) is 0 Å². The Morgan fingerprint density at radius 2 is 2.00 bits per heavy atom. The number of aromatic nitrogens is 3. The van der Waals surface area contributed by atoms with Gasteiger partial charge in [0.2, 0.25) is 5.91 Å². The Bertz CT molecular complexity index is 1020. The molecule has 0 unspecified atom stereocenters. The monoisotopic (exact) mass is 369 g/mol. The Balaban J connectivity index is 2.54. The maximum Gasteiger partial charge on any atom is 0.433 e. The maximum atomic E-state index is 12.8. The molecule has 2 aromatic heterocycles. The summed E-state index contributed by atoms with van der Waals surface area (Å²) >= 11 is 0. The molecule has 0 saturated heterocycles. The summed E-state index contributed by atoms with van der Waals surface area (Å²) in [5.41, 5.74) is -3.52. The molecule has 138 valence electrons. The van der Waals surface area contributed by atoms with Crippen LogP contribution in [0.2, 0.25) is 0 Å². The molecule has 0 spiro atoms. The van der Waals surface area contributed by atoms with E-state index in [4.69, 9.17) is 5.26 Å². The van der Waals surface area contributed by atoms with E-state index in [1.165, 1.54) is 11.9 Å².